The van der Waals surface area contributed by atoms with E-state index in [0.29, 0.717) is 11.1 Å². The number of aromatic amines is 1. The summed E-state index contributed by atoms with van der Waals surface area (Å²) in [7, 11) is 0. The number of benzene rings is 2. The maximum Gasteiger partial charge on any atom is 0.150 e. The van der Waals surface area contributed by atoms with Gasteiger partial charge in [0.1, 0.15) is 10.9 Å². The van der Waals surface area contributed by atoms with Crippen LogP contribution in [-0.4, -0.2) is 16.3 Å². The third-order valence-corrected chi connectivity index (χ3v) is 6.38. The summed E-state index contributed by atoms with van der Waals surface area (Å²) < 4.78 is 0. The molecule has 3 heterocycles. The monoisotopic (exact) mass is 408 g/mol. The molecular weight excluding hydrogens is 392 g/mol. The van der Waals surface area contributed by atoms with Gasteiger partial charge >= 0.3 is 0 Å². The Balaban J connectivity index is 1.68. The third kappa shape index (κ3) is 2.84. The number of thiophene rings is 1. The molecular formula is C24H16N4OS. The molecule has 30 heavy (non-hydrogen) atoms. The van der Waals surface area contributed by atoms with E-state index < -0.39 is 0 Å². The molecule has 6 heteroatoms. The largest absolute Gasteiger partial charge is 0.361 e. The SMILES string of the molecule is Cc1c(Nc2c(C#N)cnc3sc(-c4ccccc4C=O)cc23)ccc2[nH]ccc12. The summed E-state index contributed by atoms with van der Waals surface area (Å²) in [5.41, 5.74) is 5.81. The highest BCUT2D eigenvalue weighted by Gasteiger charge is 2.16. The summed E-state index contributed by atoms with van der Waals surface area (Å²) in [4.78, 5) is 20.9. The minimum Gasteiger partial charge on any atom is -0.361 e. The first kappa shape index (κ1) is 18.1. The van der Waals surface area contributed by atoms with E-state index in [1.165, 1.54) is 11.3 Å². The van der Waals surface area contributed by atoms with Crippen LogP contribution in [0.25, 0.3) is 31.6 Å². The van der Waals surface area contributed by atoms with Gasteiger partial charge in [0.15, 0.2) is 6.29 Å². The Morgan fingerprint density at radius 2 is 2.03 bits per heavy atom. The minimum absolute atomic E-state index is 0.476. The average molecular weight is 408 g/mol. The predicted octanol–water partition coefficient (Wildman–Crippen LogP) is 6.18. The number of nitriles is 1. The standard InChI is InChI=1S/C24H16N4OS/c1-14-17-8-9-26-21(17)7-6-20(14)28-23-16(11-25)12-27-24-19(23)10-22(30-24)18-5-3-2-4-15(18)13-29/h2-10,12-13,26H,1H3,(H,27,28). The molecule has 0 aliphatic carbocycles. The first-order valence-corrected chi connectivity index (χ1v) is 10.2. The Kier molecular flexibility index (Phi) is 4.31. The molecule has 0 radical (unpaired) electrons. The van der Waals surface area contributed by atoms with Crippen molar-refractivity contribution in [3.8, 4) is 16.5 Å². The highest BCUT2D eigenvalue weighted by atomic mass is 32.1. The summed E-state index contributed by atoms with van der Waals surface area (Å²) in [5, 5.41) is 15.2. The van der Waals surface area contributed by atoms with Crippen LogP contribution >= 0.6 is 11.3 Å². The van der Waals surface area contributed by atoms with Crippen molar-refractivity contribution >= 4 is 50.1 Å². The number of pyridine rings is 1. The Morgan fingerprint density at radius 1 is 1.17 bits per heavy atom. The number of nitrogens with one attached hydrogen (secondary N) is 2. The molecule has 5 aromatic rings. The number of hydrogen-bond donors (Lipinski definition) is 2. The maximum absolute atomic E-state index is 11.5. The molecule has 5 nitrogen and oxygen atoms in total. The molecule has 0 aliphatic rings. The van der Waals surface area contributed by atoms with Crippen molar-refractivity contribution in [1.82, 2.24) is 9.97 Å². The molecule has 3 aromatic heterocycles. The zero-order valence-corrected chi connectivity index (χ0v) is 16.9. The van der Waals surface area contributed by atoms with E-state index in [0.717, 1.165) is 54.8 Å². The van der Waals surface area contributed by atoms with Crippen LogP contribution in [-0.2, 0) is 0 Å². The predicted molar refractivity (Wildman–Crippen MR) is 121 cm³/mol. The fraction of sp³-hybridized carbons (Fsp3) is 0.0417. The Bertz CT molecular complexity index is 1470. The zero-order valence-electron chi connectivity index (χ0n) is 16.1. The van der Waals surface area contributed by atoms with Crippen molar-refractivity contribution in [3.05, 3.63) is 77.6 Å². The van der Waals surface area contributed by atoms with Crippen LogP contribution in [0, 0.1) is 18.3 Å². The van der Waals surface area contributed by atoms with Gasteiger partial charge in [0.05, 0.1) is 11.3 Å². The lowest BCUT2D eigenvalue weighted by molar-refractivity contribution is 0.112. The number of carbonyl (C=O) groups is 1. The molecule has 0 atom stereocenters. The molecule has 0 amide bonds. The first-order chi connectivity index (χ1) is 14.7. The van der Waals surface area contributed by atoms with Crippen LogP contribution in [0.1, 0.15) is 21.5 Å². The van der Waals surface area contributed by atoms with Crippen molar-refractivity contribution in [2.45, 2.75) is 6.92 Å². The van der Waals surface area contributed by atoms with Crippen molar-refractivity contribution < 1.29 is 4.79 Å². The summed E-state index contributed by atoms with van der Waals surface area (Å²) in [6, 6.07) is 17.8. The number of aldehydes is 1. The fourth-order valence-electron chi connectivity index (χ4n) is 3.72. The number of aryl methyl sites for hydroxylation is 1. The lowest BCUT2D eigenvalue weighted by Gasteiger charge is -2.12. The van der Waals surface area contributed by atoms with Crippen LogP contribution in [0.2, 0.25) is 0 Å². The number of aromatic nitrogens is 2. The Hall–Kier alpha value is -3.95. The Labute approximate surface area is 176 Å². The number of anilines is 2. The van der Waals surface area contributed by atoms with Crippen LogP contribution in [0.5, 0.6) is 0 Å². The molecule has 5 rings (SSSR count). The zero-order chi connectivity index (χ0) is 20.7. The lowest BCUT2D eigenvalue weighted by Crippen LogP contribution is -1.97. The highest BCUT2D eigenvalue weighted by molar-refractivity contribution is 7.22. The van der Waals surface area contributed by atoms with E-state index in [9.17, 15) is 10.1 Å². The van der Waals surface area contributed by atoms with Gasteiger partial charge in [-0.1, -0.05) is 24.3 Å². The molecule has 144 valence electrons. The minimum atomic E-state index is 0.476. The molecule has 2 aromatic carbocycles. The molecule has 0 saturated heterocycles. The number of rotatable bonds is 4. The fourth-order valence-corrected chi connectivity index (χ4v) is 4.78. The quantitative estimate of drug-likeness (QED) is 0.348. The second-order valence-corrected chi connectivity index (χ2v) is 8.03. The van der Waals surface area contributed by atoms with Crippen LogP contribution in [0.15, 0.2) is 60.9 Å². The van der Waals surface area contributed by atoms with Gasteiger partial charge in [0.2, 0.25) is 0 Å². The molecule has 0 unspecified atom stereocenters. The number of H-pyrrole nitrogens is 1. The van der Waals surface area contributed by atoms with E-state index in [1.807, 2.05) is 48.7 Å². The molecule has 0 spiro atoms. The van der Waals surface area contributed by atoms with Crippen LogP contribution < -0.4 is 5.32 Å². The van der Waals surface area contributed by atoms with Crippen LogP contribution in [0.4, 0.5) is 11.4 Å². The smallest absolute Gasteiger partial charge is 0.150 e. The summed E-state index contributed by atoms with van der Waals surface area (Å²) in [6.07, 6.45) is 4.38. The van der Waals surface area contributed by atoms with Gasteiger partial charge in [-0.2, -0.15) is 5.26 Å². The molecule has 0 bridgehead atoms. The third-order valence-electron chi connectivity index (χ3n) is 5.30. The number of carbonyl (C=O) groups excluding carboxylic acids is 1. The Morgan fingerprint density at radius 3 is 2.87 bits per heavy atom. The van der Waals surface area contributed by atoms with Crippen molar-refractivity contribution in [2.75, 3.05) is 5.32 Å². The molecule has 0 fully saturated rings. The summed E-state index contributed by atoms with van der Waals surface area (Å²) in [6.45, 7) is 2.06. The van der Waals surface area contributed by atoms with E-state index in [-0.39, 0.29) is 0 Å². The van der Waals surface area contributed by atoms with Gasteiger partial charge in [-0.25, -0.2) is 4.98 Å². The van der Waals surface area contributed by atoms with Crippen LogP contribution in [0.3, 0.4) is 0 Å². The van der Waals surface area contributed by atoms with Gasteiger partial charge in [-0.05, 0) is 36.8 Å². The van der Waals surface area contributed by atoms with E-state index in [1.54, 1.807) is 12.3 Å². The van der Waals surface area contributed by atoms with E-state index >= 15 is 0 Å². The maximum atomic E-state index is 11.5. The summed E-state index contributed by atoms with van der Waals surface area (Å²) >= 11 is 1.51. The first-order valence-electron chi connectivity index (χ1n) is 9.40. The normalized spacial score (nSPS) is 10.9. The number of fused-ring (bicyclic) bond motifs is 2. The lowest BCUT2D eigenvalue weighted by atomic mass is 10.1. The summed E-state index contributed by atoms with van der Waals surface area (Å²) in [5.74, 6) is 0. The van der Waals surface area contributed by atoms with Gasteiger partial charge in [-0.3, -0.25) is 4.79 Å². The second kappa shape index (κ2) is 7.14. The molecule has 2 N–H and O–H groups in total. The van der Waals surface area contributed by atoms with E-state index in [2.05, 4.69) is 28.3 Å². The molecule has 0 aliphatic heterocycles. The van der Waals surface area contributed by atoms with Gasteiger partial charge in [0.25, 0.3) is 0 Å². The van der Waals surface area contributed by atoms with E-state index in [4.69, 9.17) is 0 Å². The second-order valence-electron chi connectivity index (χ2n) is 7.00. The van der Waals surface area contributed by atoms with Crippen molar-refractivity contribution in [3.63, 3.8) is 0 Å². The van der Waals surface area contributed by atoms with Gasteiger partial charge in [0, 0.05) is 50.4 Å². The van der Waals surface area contributed by atoms with Gasteiger partial charge < -0.3 is 10.3 Å². The number of nitrogens with zero attached hydrogens (tertiary/aromatic N) is 2. The highest BCUT2D eigenvalue weighted by Crippen LogP contribution is 2.40. The van der Waals surface area contributed by atoms with Crippen molar-refractivity contribution in [2.24, 2.45) is 0 Å². The topological polar surface area (TPSA) is 81.6 Å². The molecule has 0 saturated carbocycles. The average Bonchev–Trinajstić information content (AvgIpc) is 3.43. The van der Waals surface area contributed by atoms with Gasteiger partial charge in [-0.15, -0.1) is 11.3 Å². The van der Waals surface area contributed by atoms with Crippen molar-refractivity contribution in [1.29, 1.82) is 5.26 Å². The number of hydrogen-bond acceptors (Lipinski definition) is 5.